The summed E-state index contributed by atoms with van der Waals surface area (Å²) in [6, 6.07) is 8.97. The van der Waals surface area contributed by atoms with Crippen LogP contribution in [0.1, 0.15) is 44.2 Å². The maximum atomic E-state index is 4.23. The number of likely N-dealkylation sites (tertiary alicyclic amines) is 1. The lowest BCUT2D eigenvalue weighted by Gasteiger charge is -2.30. The van der Waals surface area contributed by atoms with Gasteiger partial charge in [-0.25, -0.2) is 0 Å². The van der Waals surface area contributed by atoms with E-state index in [1.54, 1.807) is 0 Å². The van der Waals surface area contributed by atoms with Crippen LogP contribution in [-0.4, -0.2) is 37.5 Å². The quantitative estimate of drug-likeness (QED) is 0.626. The molecule has 1 aliphatic heterocycles. The Balaban J connectivity index is 1.79. The molecule has 1 aromatic rings. The molecule has 1 heterocycles. The number of benzene rings is 1. The van der Waals surface area contributed by atoms with Crippen LogP contribution in [-0.2, 0) is 13.1 Å². The van der Waals surface area contributed by atoms with E-state index in [0.29, 0.717) is 0 Å². The minimum atomic E-state index is 0.810. The van der Waals surface area contributed by atoms with Gasteiger partial charge in [0.1, 0.15) is 0 Å². The monoisotopic (exact) mass is 316 g/mol. The lowest BCUT2D eigenvalue weighted by molar-refractivity contribution is 0.176. The summed E-state index contributed by atoms with van der Waals surface area (Å²) in [7, 11) is 1.81. The van der Waals surface area contributed by atoms with Gasteiger partial charge in [-0.15, -0.1) is 0 Å². The minimum Gasteiger partial charge on any atom is -0.356 e. The highest BCUT2D eigenvalue weighted by molar-refractivity contribution is 5.79. The lowest BCUT2D eigenvalue weighted by Crippen LogP contribution is -2.37. The Kier molecular flexibility index (Phi) is 7.40. The first-order valence-corrected chi connectivity index (χ1v) is 8.96. The Morgan fingerprint density at radius 3 is 2.61 bits per heavy atom. The standard InChI is InChI=1S/C19H32N4/c1-4-11-21-19(20-3)22-13-17-7-9-18(10-8-17)15-23-12-5-6-16(2)14-23/h7-10,16H,4-6,11-15H2,1-3H3,(H2,20,21,22). The van der Waals surface area contributed by atoms with Gasteiger partial charge < -0.3 is 10.6 Å². The van der Waals surface area contributed by atoms with Crippen LogP contribution in [0.5, 0.6) is 0 Å². The van der Waals surface area contributed by atoms with E-state index >= 15 is 0 Å². The third-order valence-electron chi connectivity index (χ3n) is 4.40. The van der Waals surface area contributed by atoms with Crippen LogP contribution in [0.25, 0.3) is 0 Å². The summed E-state index contributed by atoms with van der Waals surface area (Å²) in [5.41, 5.74) is 2.71. The highest BCUT2D eigenvalue weighted by Crippen LogP contribution is 2.18. The zero-order valence-electron chi connectivity index (χ0n) is 14.9. The van der Waals surface area contributed by atoms with Crippen molar-refractivity contribution >= 4 is 5.96 Å². The molecular formula is C19H32N4. The molecule has 1 aromatic carbocycles. The summed E-state index contributed by atoms with van der Waals surface area (Å²) in [6.07, 6.45) is 3.83. The van der Waals surface area contributed by atoms with E-state index in [9.17, 15) is 0 Å². The molecule has 2 rings (SSSR count). The Morgan fingerprint density at radius 2 is 1.96 bits per heavy atom. The zero-order valence-corrected chi connectivity index (χ0v) is 14.9. The van der Waals surface area contributed by atoms with Gasteiger partial charge in [0.25, 0.3) is 0 Å². The molecule has 1 aliphatic rings. The van der Waals surface area contributed by atoms with Crippen molar-refractivity contribution in [3.8, 4) is 0 Å². The fourth-order valence-electron chi connectivity index (χ4n) is 3.10. The Labute approximate surface area is 141 Å². The van der Waals surface area contributed by atoms with E-state index in [1.165, 1.54) is 37.1 Å². The largest absolute Gasteiger partial charge is 0.356 e. The van der Waals surface area contributed by atoms with Gasteiger partial charge in [-0.05, 0) is 42.9 Å². The summed E-state index contributed by atoms with van der Waals surface area (Å²) in [5.74, 6) is 1.72. The molecule has 0 bridgehead atoms. The number of rotatable bonds is 6. The number of hydrogen-bond acceptors (Lipinski definition) is 2. The fourth-order valence-corrected chi connectivity index (χ4v) is 3.10. The predicted molar refractivity (Wildman–Crippen MR) is 98.6 cm³/mol. The third-order valence-corrected chi connectivity index (χ3v) is 4.40. The highest BCUT2D eigenvalue weighted by Gasteiger charge is 2.15. The minimum absolute atomic E-state index is 0.810. The molecule has 23 heavy (non-hydrogen) atoms. The summed E-state index contributed by atoms with van der Waals surface area (Å²) in [4.78, 5) is 6.81. The SMILES string of the molecule is CCCNC(=NC)NCc1ccc(CN2CCCC(C)C2)cc1. The van der Waals surface area contributed by atoms with E-state index in [0.717, 1.165) is 37.9 Å². The van der Waals surface area contributed by atoms with Gasteiger partial charge in [-0.1, -0.05) is 38.1 Å². The fraction of sp³-hybridized carbons (Fsp3) is 0.632. The van der Waals surface area contributed by atoms with Crippen LogP contribution in [0.3, 0.4) is 0 Å². The van der Waals surface area contributed by atoms with E-state index < -0.39 is 0 Å². The maximum Gasteiger partial charge on any atom is 0.191 e. The van der Waals surface area contributed by atoms with Crippen molar-refractivity contribution in [1.82, 2.24) is 15.5 Å². The van der Waals surface area contributed by atoms with Gasteiger partial charge >= 0.3 is 0 Å². The zero-order chi connectivity index (χ0) is 16.5. The molecule has 0 amide bonds. The van der Waals surface area contributed by atoms with Crippen LogP contribution in [0.15, 0.2) is 29.3 Å². The molecule has 1 fully saturated rings. The van der Waals surface area contributed by atoms with E-state index in [1.807, 2.05) is 7.05 Å². The van der Waals surface area contributed by atoms with Crippen LogP contribution < -0.4 is 10.6 Å². The van der Waals surface area contributed by atoms with Gasteiger partial charge in [0.15, 0.2) is 5.96 Å². The molecule has 1 saturated heterocycles. The second-order valence-electron chi connectivity index (χ2n) is 6.65. The molecular weight excluding hydrogens is 284 g/mol. The Bertz CT molecular complexity index is 481. The Morgan fingerprint density at radius 1 is 1.22 bits per heavy atom. The smallest absolute Gasteiger partial charge is 0.191 e. The normalized spacial score (nSPS) is 19.6. The number of aliphatic imine (C=N–C) groups is 1. The first kappa shape index (κ1) is 17.8. The van der Waals surface area contributed by atoms with Crippen molar-refractivity contribution < 1.29 is 0 Å². The van der Waals surface area contributed by atoms with Crippen molar-refractivity contribution in [3.05, 3.63) is 35.4 Å². The first-order valence-electron chi connectivity index (χ1n) is 8.96. The second-order valence-corrected chi connectivity index (χ2v) is 6.65. The summed E-state index contributed by atoms with van der Waals surface area (Å²) >= 11 is 0. The molecule has 2 N–H and O–H groups in total. The molecule has 0 aliphatic carbocycles. The van der Waals surface area contributed by atoms with Crippen molar-refractivity contribution in [2.45, 2.75) is 46.2 Å². The van der Waals surface area contributed by atoms with Crippen molar-refractivity contribution in [2.75, 3.05) is 26.7 Å². The highest BCUT2D eigenvalue weighted by atomic mass is 15.2. The van der Waals surface area contributed by atoms with E-state index in [2.05, 4.69) is 58.6 Å². The summed E-state index contributed by atoms with van der Waals surface area (Å²) in [5, 5.41) is 6.65. The molecule has 0 aromatic heterocycles. The van der Waals surface area contributed by atoms with Crippen molar-refractivity contribution in [3.63, 3.8) is 0 Å². The van der Waals surface area contributed by atoms with Crippen molar-refractivity contribution in [2.24, 2.45) is 10.9 Å². The molecule has 1 atom stereocenters. The number of nitrogens with one attached hydrogen (secondary N) is 2. The van der Waals surface area contributed by atoms with Gasteiger partial charge in [0.2, 0.25) is 0 Å². The number of piperidine rings is 1. The molecule has 4 heteroatoms. The molecule has 128 valence electrons. The molecule has 0 radical (unpaired) electrons. The van der Waals surface area contributed by atoms with Gasteiger partial charge in [0.05, 0.1) is 0 Å². The van der Waals surface area contributed by atoms with Gasteiger partial charge in [-0.2, -0.15) is 0 Å². The average molecular weight is 316 g/mol. The number of hydrogen-bond donors (Lipinski definition) is 2. The predicted octanol–water partition coefficient (Wildman–Crippen LogP) is 2.99. The summed E-state index contributed by atoms with van der Waals surface area (Å²) in [6.45, 7) is 9.84. The molecule has 0 spiro atoms. The lowest BCUT2D eigenvalue weighted by atomic mass is 9.99. The summed E-state index contributed by atoms with van der Waals surface area (Å²) < 4.78 is 0. The molecule has 0 saturated carbocycles. The Hall–Kier alpha value is -1.55. The second kappa shape index (κ2) is 9.56. The van der Waals surface area contributed by atoms with Gasteiger partial charge in [0, 0.05) is 33.2 Å². The van der Waals surface area contributed by atoms with E-state index in [4.69, 9.17) is 0 Å². The third kappa shape index (κ3) is 6.22. The van der Waals surface area contributed by atoms with Crippen molar-refractivity contribution in [1.29, 1.82) is 0 Å². The topological polar surface area (TPSA) is 39.7 Å². The maximum absolute atomic E-state index is 4.23. The molecule has 4 nitrogen and oxygen atoms in total. The van der Waals surface area contributed by atoms with Crippen LogP contribution in [0.4, 0.5) is 0 Å². The van der Waals surface area contributed by atoms with Gasteiger partial charge in [-0.3, -0.25) is 9.89 Å². The number of nitrogens with zero attached hydrogens (tertiary/aromatic N) is 2. The number of guanidine groups is 1. The van der Waals surface area contributed by atoms with E-state index in [-0.39, 0.29) is 0 Å². The van der Waals surface area contributed by atoms with Crippen LogP contribution in [0, 0.1) is 5.92 Å². The first-order chi connectivity index (χ1) is 11.2. The average Bonchev–Trinajstić information content (AvgIpc) is 2.56. The van der Waals surface area contributed by atoms with Crippen LogP contribution in [0.2, 0.25) is 0 Å². The van der Waals surface area contributed by atoms with Crippen LogP contribution >= 0.6 is 0 Å². The molecule has 1 unspecified atom stereocenters.